The van der Waals surface area contributed by atoms with Crippen LogP contribution in [0.1, 0.15) is 37.7 Å². The molecule has 1 atom stereocenters. The van der Waals surface area contributed by atoms with Gasteiger partial charge in [0, 0.05) is 19.6 Å². The third kappa shape index (κ3) is 4.01. The summed E-state index contributed by atoms with van der Waals surface area (Å²) in [6.45, 7) is 2.14. The van der Waals surface area contributed by atoms with E-state index < -0.39 is 17.7 Å². The second-order valence-electron chi connectivity index (χ2n) is 6.54. The van der Waals surface area contributed by atoms with Crippen LogP contribution in [0, 0.1) is 23.0 Å². The summed E-state index contributed by atoms with van der Waals surface area (Å²) in [5.41, 5.74) is -0.207. The van der Waals surface area contributed by atoms with E-state index in [1.165, 1.54) is 0 Å². The van der Waals surface area contributed by atoms with Crippen molar-refractivity contribution in [2.45, 2.75) is 38.2 Å². The molecule has 1 aromatic carbocycles. The number of hydrogen-bond acceptors (Lipinski definition) is 4. The minimum atomic E-state index is -0.764. The minimum absolute atomic E-state index is 0.0520. The van der Waals surface area contributed by atoms with Gasteiger partial charge in [0.2, 0.25) is 0 Å². The molecule has 3 rings (SSSR count). The predicted octanol–water partition coefficient (Wildman–Crippen LogP) is 3.43. The lowest BCUT2D eigenvalue weighted by molar-refractivity contribution is 0.0514. The van der Waals surface area contributed by atoms with E-state index in [-0.39, 0.29) is 23.9 Å². The zero-order valence-electron chi connectivity index (χ0n) is 14.0. The summed E-state index contributed by atoms with van der Waals surface area (Å²) in [4.78, 5) is 15.5. The number of piperidine rings is 2. The fourth-order valence-corrected chi connectivity index (χ4v) is 3.46. The van der Waals surface area contributed by atoms with Crippen molar-refractivity contribution < 1.29 is 18.3 Å². The van der Waals surface area contributed by atoms with E-state index in [1.54, 1.807) is 15.9 Å². The van der Waals surface area contributed by atoms with Crippen LogP contribution in [0.3, 0.4) is 0 Å². The van der Waals surface area contributed by atoms with Crippen molar-refractivity contribution in [2.24, 2.45) is 0 Å². The van der Waals surface area contributed by atoms with Gasteiger partial charge in [-0.2, -0.15) is 5.26 Å². The van der Waals surface area contributed by atoms with Crippen LogP contribution in [0.2, 0.25) is 0 Å². The zero-order valence-corrected chi connectivity index (χ0v) is 14.0. The van der Waals surface area contributed by atoms with E-state index in [1.807, 2.05) is 0 Å². The Labute approximate surface area is 145 Å². The van der Waals surface area contributed by atoms with Crippen LogP contribution >= 0.6 is 0 Å². The highest BCUT2D eigenvalue weighted by molar-refractivity contribution is 5.68. The first-order chi connectivity index (χ1) is 12.1. The maximum Gasteiger partial charge on any atom is 0.410 e. The molecule has 0 aliphatic carbocycles. The number of hydrogen-bond donors (Lipinski definition) is 0. The maximum atomic E-state index is 14.2. The number of carbonyl (C=O) groups is 1. The van der Waals surface area contributed by atoms with E-state index in [4.69, 9.17) is 10.00 Å². The first-order valence-electron chi connectivity index (χ1n) is 8.68. The van der Waals surface area contributed by atoms with Crippen LogP contribution in [0.25, 0.3) is 0 Å². The number of likely N-dealkylation sites (tertiary alicyclic amines) is 1. The number of carbonyl (C=O) groups excluding carboxylic acids is 1. The van der Waals surface area contributed by atoms with Gasteiger partial charge < -0.3 is 14.5 Å². The molecule has 1 aromatic rings. The molecular formula is C18H21F2N3O2. The van der Waals surface area contributed by atoms with E-state index >= 15 is 0 Å². The lowest BCUT2D eigenvalue weighted by Gasteiger charge is -2.35. The molecule has 1 unspecified atom stereocenters. The summed E-state index contributed by atoms with van der Waals surface area (Å²) in [5.74, 6) is -1.53. The molecule has 2 heterocycles. The highest BCUT2D eigenvalue weighted by atomic mass is 19.1. The van der Waals surface area contributed by atoms with Crippen LogP contribution < -0.4 is 4.90 Å². The number of benzene rings is 1. The summed E-state index contributed by atoms with van der Waals surface area (Å²) < 4.78 is 34.0. The molecule has 25 heavy (non-hydrogen) atoms. The molecule has 2 saturated heterocycles. The number of nitrogens with zero attached hydrogens (tertiary/aromatic N) is 3. The van der Waals surface area contributed by atoms with Crippen LogP contribution in [0.5, 0.6) is 0 Å². The van der Waals surface area contributed by atoms with Gasteiger partial charge in [-0.25, -0.2) is 13.6 Å². The standard InChI is InChI=1S/C18H21F2N3O2/c19-15-9-13(11-21)10-16(20)17(15)23-8-4-5-14(12-23)25-18(24)22-6-2-1-3-7-22/h9-10,14H,1-8,12H2. The van der Waals surface area contributed by atoms with Crippen LogP contribution in [0.15, 0.2) is 12.1 Å². The Morgan fingerprint density at radius 2 is 1.80 bits per heavy atom. The fraction of sp³-hybridized carbons (Fsp3) is 0.556. The third-order valence-electron chi connectivity index (χ3n) is 4.72. The molecule has 134 valence electrons. The van der Waals surface area contributed by atoms with Crippen molar-refractivity contribution in [2.75, 3.05) is 31.1 Å². The van der Waals surface area contributed by atoms with Crippen molar-refractivity contribution in [3.8, 4) is 6.07 Å². The van der Waals surface area contributed by atoms with Gasteiger partial charge in [0.1, 0.15) is 11.8 Å². The highest BCUT2D eigenvalue weighted by Gasteiger charge is 2.29. The van der Waals surface area contributed by atoms with Gasteiger partial charge in [-0.15, -0.1) is 0 Å². The van der Waals surface area contributed by atoms with Crippen molar-refractivity contribution >= 4 is 11.8 Å². The molecule has 2 aliphatic heterocycles. The summed E-state index contributed by atoms with van der Waals surface area (Å²) >= 11 is 0. The summed E-state index contributed by atoms with van der Waals surface area (Å²) in [5, 5.41) is 8.79. The van der Waals surface area contributed by atoms with Crippen molar-refractivity contribution in [3.63, 3.8) is 0 Å². The second-order valence-corrected chi connectivity index (χ2v) is 6.54. The average molecular weight is 349 g/mol. The second kappa shape index (κ2) is 7.68. The van der Waals surface area contributed by atoms with Crippen molar-refractivity contribution in [1.82, 2.24) is 4.90 Å². The number of halogens is 2. The largest absolute Gasteiger partial charge is 0.444 e. The van der Waals surface area contributed by atoms with E-state index in [0.29, 0.717) is 32.5 Å². The number of rotatable bonds is 2. The van der Waals surface area contributed by atoms with Crippen LogP contribution in [-0.4, -0.2) is 43.3 Å². The quantitative estimate of drug-likeness (QED) is 0.821. The molecule has 2 fully saturated rings. The van der Waals surface area contributed by atoms with Crippen molar-refractivity contribution in [1.29, 1.82) is 5.26 Å². The van der Waals surface area contributed by atoms with Gasteiger partial charge >= 0.3 is 6.09 Å². The Morgan fingerprint density at radius 3 is 2.44 bits per heavy atom. The van der Waals surface area contributed by atoms with Gasteiger partial charge in [0.25, 0.3) is 0 Å². The van der Waals surface area contributed by atoms with Gasteiger partial charge in [0.15, 0.2) is 11.6 Å². The van der Waals surface area contributed by atoms with Gasteiger partial charge in [-0.05, 0) is 44.2 Å². The number of nitriles is 1. The Kier molecular flexibility index (Phi) is 5.37. The molecule has 2 aliphatic rings. The molecular weight excluding hydrogens is 328 g/mol. The molecule has 0 radical (unpaired) electrons. The average Bonchev–Trinajstić information content (AvgIpc) is 2.62. The van der Waals surface area contributed by atoms with Crippen LogP contribution in [-0.2, 0) is 4.74 Å². The van der Waals surface area contributed by atoms with Gasteiger partial charge in [0.05, 0.1) is 18.2 Å². The Morgan fingerprint density at radius 1 is 1.12 bits per heavy atom. The molecule has 0 bridgehead atoms. The lowest BCUT2D eigenvalue weighted by atomic mass is 10.1. The number of anilines is 1. The Bertz CT molecular complexity index is 660. The fourth-order valence-electron chi connectivity index (χ4n) is 3.46. The lowest BCUT2D eigenvalue weighted by Crippen LogP contribution is -2.44. The third-order valence-corrected chi connectivity index (χ3v) is 4.72. The van der Waals surface area contributed by atoms with Gasteiger partial charge in [-0.1, -0.05) is 0 Å². The zero-order chi connectivity index (χ0) is 17.8. The Balaban J connectivity index is 1.67. The van der Waals surface area contributed by atoms with E-state index in [0.717, 1.165) is 31.4 Å². The molecule has 0 aromatic heterocycles. The van der Waals surface area contributed by atoms with Gasteiger partial charge in [-0.3, -0.25) is 0 Å². The molecule has 0 saturated carbocycles. The Hall–Kier alpha value is -2.36. The molecule has 7 heteroatoms. The highest BCUT2D eigenvalue weighted by Crippen LogP contribution is 2.28. The summed E-state index contributed by atoms with van der Waals surface area (Å²) in [6, 6.07) is 3.80. The number of ether oxygens (including phenoxy) is 1. The first-order valence-corrected chi connectivity index (χ1v) is 8.68. The smallest absolute Gasteiger partial charge is 0.410 e. The monoisotopic (exact) mass is 349 g/mol. The van der Waals surface area contributed by atoms with Crippen molar-refractivity contribution in [3.05, 3.63) is 29.3 Å². The molecule has 5 nitrogen and oxygen atoms in total. The van der Waals surface area contributed by atoms with E-state index in [9.17, 15) is 13.6 Å². The SMILES string of the molecule is N#Cc1cc(F)c(N2CCCC(OC(=O)N3CCCCC3)C2)c(F)c1. The first kappa shape index (κ1) is 17.5. The van der Waals surface area contributed by atoms with E-state index in [2.05, 4.69) is 0 Å². The molecule has 0 N–H and O–H groups in total. The predicted molar refractivity (Wildman–Crippen MR) is 88.2 cm³/mol. The molecule has 1 amide bonds. The summed E-state index contributed by atoms with van der Waals surface area (Å²) in [6.07, 6.45) is 3.70. The normalized spacial score (nSPS) is 20.9. The van der Waals surface area contributed by atoms with Crippen LogP contribution in [0.4, 0.5) is 19.3 Å². The number of amides is 1. The topological polar surface area (TPSA) is 56.6 Å². The maximum absolute atomic E-state index is 14.2. The summed E-state index contributed by atoms with van der Waals surface area (Å²) in [7, 11) is 0. The minimum Gasteiger partial charge on any atom is -0.444 e. The molecule has 0 spiro atoms.